The van der Waals surface area contributed by atoms with Crippen LogP contribution in [-0.2, 0) is 14.4 Å². The standard InChI is InChI=1S/C22H36O4/c1-2-3-4-8-11-18-14-15-19(21(17-24)20(18)16-23)12-9-6-5-7-10-13-22(25)26/h14-21H,2-13H2,1H3,(H,25,26). The lowest BCUT2D eigenvalue weighted by Gasteiger charge is -2.34. The molecule has 0 bridgehead atoms. The van der Waals surface area contributed by atoms with Crippen molar-refractivity contribution in [3.63, 3.8) is 0 Å². The first kappa shape index (κ1) is 22.6. The van der Waals surface area contributed by atoms with E-state index in [4.69, 9.17) is 5.11 Å². The van der Waals surface area contributed by atoms with Crippen molar-refractivity contribution in [3.8, 4) is 0 Å². The van der Waals surface area contributed by atoms with Crippen LogP contribution >= 0.6 is 0 Å². The van der Waals surface area contributed by atoms with E-state index in [1.54, 1.807) is 0 Å². The van der Waals surface area contributed by atoms with E-state index in [1.807, 2.05) is 0 Å². The summed E-state index contributed by atoms with van der Waals surface area (Å²) in [6.07, 6.45) is 18.1. The molecule has 0 aliphatic heterocycles. The minimum atomic E-state index is -0.727. The quantitative estimate of drug-likeness (QED) is 0.246. The summed E-state index contributed by atoms with van der Waals surface area (Å²) in [6, 6.07) is 0. The van der Waals surface area contributed by atoms with Crippen molar-refractivity contribution in [2.75, 3.05) is 0 Å². The van der Waals surface area contributed by atoms with Gasteiger partial charge in [0.15, 0.2) is 0 Å². The number of carbonyl (C=O) groups excluding carboxylic acids is 2. The van der Waals surface area contributed by atoms with Gasteiger partial charge in [0, 0.05) is 18.3 Å². The Kier molecular flexibility index (Phi) is 11.9. The minimum Gasteiger partial charge on any atom is -0.481 e. The highest BCUT2D eigenvalue weighted by Gasteiger charge is 2.35. The maximum Gasteiger partial charge on any atom is 0.303 e. The number of carboxylic acid groups (broad SMARTS) is 1. The van der Waals surface area contributed by atoms with Crippen molar-refractivity contribution in [3.05, 3.63) is 12.2 Å². The van der Waals surface area contributed by atoms with E-state index in [0.717, 1.165) is 63.9 Å². The van der Waals surface area contributed by atoms with E-state index in [9.17, 15) is 14.4 Å². The molecule has 0 saturated heterocycles. The Hall–Kier alpha value is -1.45. The Morgan fingerprint density at radius 1 is 0.808 bits per heavy atom. The summed E-state index contributed by atoms with van der Waals surface area (Å²) in [4.78, 5) is 33.8. The molecule has 0 saturated carbocycles. The normalized spacial score (nSPS) is 25.1. The molecule has 26 heavy (non-hydrogen) atoms. The van der Waals surface area contributed by atoms with Gasteiger partial charge < -0.3 is 14.7 Å². The fourth-order valence-electron chi connectivity index (χ4n) is 4.07. The summed E-state index contributed by atoms with van der Waals surface area (Å²) < 4.78 is 0. The van der Waals surface area contributed by atoms with Gasteiger partial charge in [0.2, 0.25) is 0 Å². The molecule has 0 spiro atoms. The van der Waals surface area contributed by atoms with Gasteiger partial charge >= 0.3 is 5.97 Å². The molecule has 0 aromatic heterocycles. The van der Waals surface area contributed by atoms with Gasteiger partial charge in [-0.05, 0) is 31.1 Å². The average Bonchev–Trinajstić information content (AvgIpc) is 2.64. The Labute approximate surface area is 158 Å². The SMILES string of the molecule is CCCCCCC1C=CC(CCCCCCCC(=O)O)C(C=O)C1C=O. The summed E-state index contributed by atoms with van der Waals surface area (Å²) in [6.45, 7) is 2.19. The van der Waals surface area contributed by atoms with Crippen LogP contribution in [0.4, 0.5) is 0 Å². The maximum atomic E-state index is 11.7. The highest BCUT2D eigenvalue weighted by molar-refractivity contribution is 5.67. The molecule has 1 aliphatic rings. The molecule has 0 heterocycles. The lowest BCUT2D eigenvalue weighted by Crippen LogP contribution is -2.33. The first-order chi connectivity index (χ1) is 12.6. The Morgan fingerprint density at radius 2 is 1.27 bits per heavy atom. The molecule has 4 atom stereocenters. The number of unbranched alkanes of at least 4 members (excludes halogenated alkanes) is 7. The third-order valence-electron chi connectivity index (χ3n) is 5.67. The van der Waals surface area contributed by atoms with E-state index in [1.165, 1.54) is 19.3 Å². The van der Waals surface area contributed by atoms with Crippen LogP contribution in [0.15, 0.2) is 12.2 Å². The fourth-order valence-corrected chi connectivity index (χ4v) is 4.07. The highest BCUT2D eigenvalue weighted by atomic mass is 16.4. The molecule has 1 rings (SSSR count). The van der Waals surface area contributed by atoms with Gasteiger partial charge in [-0.2, -0.15) is 0 Å². The van der Waals surface area contributed by atoms with Gasteiger partial charge in [0.1, 0.15) is 12.6 Å². The van der Waals surface area contributed by atoms with E-state index < -0.39 is 5.97 Å². The summed E-state index contributed by atoms with van der Waals surface area (Å²) in [5, 5.41) is 8.62. The summed E-state index contributed by atoms with van der Waals surface area (Å²) in [5.74, 6) is -0.684. The van der Waals surface area contributed by atoms with Gasteiger partial charge in [-0.1, -0.05) is 70.4 Å². The molecule has 148 valence electrons. The van der Waals surface area contributed by atoms with Crippen LogP contribution in [-0.4, -0.2) is 23.6 Å². The highest BCUT2D eigenvalue weighted by Crippen LogP contribution is 2.37. The molecule has 1 aliphatic carbocycles. The second-order valence-corrected chi connectivity index (χ2v) is 7.69. The molecule has 0 aromatic carbocycles. The second kappa shape index (κ2) is 13.7. The van der Waals surface area contributed by atoms with E-state index in [0.29, 0.717) is 0 Å². The molecule has 4 unspecified atom stereocenters. The van der Waals surface area contributed by atoms with Crippen molar-refractivity contribution in [1.29, 1.82) is 0 Å². The van der Waals surface area contributed by atoms with Crippen molar-refractivity contribution in [1.82, 2.24) is 0 Å². The average molecular weight is 365 g/mol. The lowest BCUT2D eigenvalue weighted by atomic mass is 9.69. The number of aldehydes is 2. The zero-order chi connectivity index (χ0) is 19.2. The third-order valence-corrected chi connectivity index (χ3v) is 5.67. The number of carbonyl (C=O) groups is 3. The molecule has 4 heteroatoms. The summed E-state index contributed by atoms with van der Waals surface area (Å²) in [5.41, 5.74) is 0. The third kappa shape index (κ3) is 8.29. The van der Waals surface area contributed by atoms with Crippen LogP contribution < -0.4 is 0 Å². The van der Waals surface area contributed by atoms with E-state index in [2.05, 4.69) is 19.1 Å². The van der Waals surface area contributed by atoms with Crippen LogP contribution in [0.3, 0.4) is 0 Å². The smallest absolute Gasteiger partial charge is 0.303 e. The number of hydrogen-bond acceptors (Lipinski definition) is 3. The van der Waals surface area contributed by atoms with Gasteiger partial charge in [-0.25, -0.2) is 0 Å². The summed E-state index contributed by atoms with van der Waals surface area (Å²) >= 11 is 0. The van der Waals surface area contributed by atoms with Crippen LogP contribution in [0, 0.1) is 23.7 Å². The predicted octanol–water partition coefficient (Wildman–Crippen LogP) is 5.20. The van der Waals surface area contributed by atoms with Crippen LogP contribution in [0.25, 0.3) is 0 Å². The Bertz CT molecular complexity index is 443. The zero-order valence-corrected chi connectivity index (χ0v) is 16.3. The van der Waals surface area contributed by atoms with E-state index >= 15 is 0 Å². The van der Waals surface area contributed by atoms with Crippen LogP contribution in [0.2, 0.25) is 0 Å². The Morgan fingerprint density at radius 3 is 1.73 bits per heavy atom. The van der Waals surface area contributed by atoms with Gasteiger partial charge in [0.25, 0.3) is 0 Å². The predicted molar refractivity (Wildman–Crippen MR) is 104 cm³/mol. The molecule has 0 radical (unpaired) electrons. The summed E-state index contributed by atoms with van der Waals surface area (Å²) in [7, 11) is 0. The largest absolute Gasteiger partial charge is 0.481 e. The van der Waals surface area contributed by atoms with Crippen molar-refractivity contribution < 1.29 is 19.5 Å². The fraction of sp³-hybridized carbons (Fsp3) is 0.773. The molecule has 0 amide bonds. The first-order valence-electron chi connectivity index (χ1n) is 10.4. The zero-order valence-electron chi connectivity index (χ0n) is 16.3. The van der Waals surface area contributed by atoms with Gasteiger partial charge in [0.05, 0.1) is 0 Å². The molecular formula is C22H36O4. The number of allylic oxidation sites excluding steroid dienone is 2. The number of hydrogen-bond donors (Lipinski definition) is 1. The number of rotatable bonds is 15. The van der Waals surface area contributed by atoms with Gasteiger partial charge in [-0.3, -0.25) is 4.79 Å². The molecular weight excluding hydrogens is 328 g/mol. The lowest BCUT2D eigenvalue weighted by molar-refractivity contribution is -0.137. The number of carboxylic acids is 1. The minimum absolute atomic E-state index is 0.167. The molecule has 4 nitrogen and oxygen atoms in total. The van der Waals surface area contributed by atoms with Crippen LogP contribution in [0.5, 0.6) is 0 Å². The topological polar surface area (TPSA) is 71.4 Å². The maximum absolute atomic E-state index is 11.7. The second-order valence-electron chi connectivity index (χ2n) is 7.69. The van der Waals surface area contributed by atoms with Crippen LogP contribution in [0.1, 0.15) is 84.0 Å². The van der Waals surface area contributed by atoms with Crippen molar-refractivity contribution in [2.24, 2.45) is 23.7 Å². The first-order valence-corrected chi connectivity index (χ1v) is 10.4. The van der Waals surface area contributed by atoms with Crippen molar-refractivity contribution >= 4 is 18.5 Å². The molecule has 1 N–H and O–H groups in total. The monoisotopic (exact) mass is 364 g/mol. The van der Waals surface area contributed by atoms with Gasteiger partial charge in [-0.15, -0.1) is 0 Å². The molecule has 0 aromatic rings. The number of aliphatic carboxylic acids is 1. The van der Waals surface area contributed by atoms with Crippen molar-refractivity contribution in [2.45, 2.75) is 84.0 Å². The molecule has 0 fully saturated rings. The van der Waals surface area contributed by atoms with E-state index in [-0.39, 0.29) is 30.1 Å². The Balaban J connectivity index is 2.39.